The Balaban J connectivity index is 2.07. The van der Waals surface area contributed by atoms with E-state index in [1.165, 1.54) is 33.3 Å². The fraction of sp³-hybridized carbons (Fsp3) is 0.190. The first-order chi connectivity index (χ1) is 15.4. The predicted octanol–water partition coefficient (Wildman–Crippen LogP) is 1.35. The van der Waals surface area contributed by atoms with E-state index < -0.39 is 27.2 Å². The van der Waals surface area contributed by atoms with Crippen molar-refractivity contribution < 1.29 is 13.2 Å². The molecule has 174 valence electrons. The number of aromatic nitrogens is 2. The number of carbonyl (C=O) groups excluding carboxylic acids is 1. The number of nitrogens with one attached hydrogen (secondary N) is 1. The molecule has 12 heteroatoms. The lowest BCUT2D eigenvalue weighted by Crippen LogP contribution is -2.39. The van der Waals surface area contributed by atoms with Gasteiger partial charge in [-0.15, -0.1) is 0 Å². The minimum Gasteiger partial charge on any atom is -0.383 e. The van der Waals surface area contributed by atoms with Crippen LogP contribution in [0.15, 0.2) is 63.0 Å². The molecule has 10 nitrogen and oxygen atoms in total. The summed E-state index contributed by atoms with van der Waals surface area (Å²) in [4.78, 5) is 40.9. The Morgan fingerprint density at radius 3 is 2.33 bits per heavy atom. The molecule has 0 fully saturated rings. The van der Waals surface area contributed by atoms with Crippen LogP contribution in [0.25, 0.3) is 0 Å². The summed E-state index contributed by atoms with van der Waals surface area (Å²) >= 11 is 6.05. The molecule has 0 spiro atoms. The van der Waals surface area contributed by atoms with Gasteiger partial charge in [0.15, 0.2) is 5.69 Å². The molecule has 3 rings (SSSR count). The van der Waals surface area contributed by atoms with Crippen molar-refractivity contribution in [3.8, 4) is 0 Å². The van der Waals surface area contributed by atoms with Crippen LogP contribution in [0.3, 0.4) is 0 Å². The molecule has 0 atom stereocenters. The summed E-state index contributed by atoms with van der Waals surface area (Å²) < 4.78 is 27.2. The van der Waals surface area contributed by atoms with Crippen LogP contribution < -0.4 is 21.9 Å². The van der Waals surface area contributed by atoms with Crippen molar-refractivity contribution in [1.29, 1.82) is 0 Å². The molecule has 0 bridgehead atoms. The van der Waals surface area contributed by atoms with Gasteiger partial charge in [-0.05, 0) is 23.8 Å². The summed E-state index contributed by atoms with van der Waals surface area (Å²) in [6.45, 7) is 0.0729. The van der Waals surface area contributed by atoms with Gasteiger partial charge >= 0.3 is 5.69 Å². The quantitative estimate of drug-likeness (QED) is 0.533. The number of amides is 1. The van der Waals surface area contributed by atoms with Crippen molar-refractivity contribution in [1.82, 2.24) is 13.9 Å². The molecular weight excluding hydrogens is 470 g/mol. The average Bonchev–Trinajstić information content (AvgIpc) is 2.76. The summed E-state index contributed by atoms with van der Waals surface area (Å²) in [5.41, 5.74) is 5.03. The SMILES string of the molecule is CN(C(=O)c1ccc(Cl)c(S(=O)(=O)N(C)C)c1)c1c(N)n(Cc2ccccc2)c(=O)[nH]c1=O. The number of nitrogen functional groups attached to an aromatic ring is 1. The smallest absolute Gasteiger partial charge is 0.330 e. The summed E-state index contributed by atoms with van der Waals surface area (Å²) in [5, 5.41) is -0.0586. The maximum absolute atomic E-state index is 13.1. The predicted molar refractivity (Wildman–Crippen MR) is 126 cm³/mol. The number of aromatic amines is 1. The molecule has 33 heavy (non-hydrogen) atoms. The van der Waals surface area contributed by atoms with Crippen molar-refractivity contribution in [3.63, 3.8) is 0 Å². The van der Waals surface area contributed by atoms with E-state index in [1.807, 2.05) is 6.07 Å². The zero-order chi connectivity index (χ0) is 24.5. The molecule has 0 aliphatic carbocycles. The van der Waals surface area contributed by atoms with Crippen LogP contribution in [0.2, 0.25) is 5.02 Å². The van der Waals surface area contributed by atoms with Crippen molar-refractivity contribution in [2.45, 2.75) is 11.4 Å². The molecule has 3 aromatic rings. The number of sulfonamides is 1. The van der Waals surface area contributed by atoms with Gasteiger partial charge in [-0.3, -0.25) is 19.1 Å². The second-order valence-corrected chi connectivity index (χ2v) is 9.89. The lowest BCUT2D eigenvalue weighted by atomic mass is 10.2. The maximum atomic E-state index is 13.1. The number of hydrogen-bond donors (Lipinski definition) is 2. The number of nitrogens with zero attached hydrogens (tertiary/aromatic N) is 3. The Morgan fingerprint density at radius 2 is 1.73 bits per heavy atom. The maximum Gasteiger partial charge on any atom is 0.330 e. The van der Waals surface area contributed by atoms with E-state index in [-0.39, 0.29) is 33.5 Å². The third-order valence-electron chi connectivity index (χ3n) is 4.97. The van der Waals surface area contributed by atoms with E-state index in [9.17, 15) is 22.8 Å². The molecule has 0 unspecified atom stereocenters. The van der Waals surface area contributed by atoms with Crippen LogP contribution in [-0.4, -0.2) is 49.3 Å². The number of hydrogen-bond acceptors (Lipinski definition) is 6. The van der Waals surface area contributed by atoms with E-state index in [1.54, 1.807) is 24.3 Å². The van der Waals surface area contributed by atoms with Gasteiger partial charge < -0.3 is 10.6 Å². The Labute approximate surface area is 194 Å². The normalized spacial score (nSPS) is 11.5. The zero-order valence-electron chi connectivity index (χ0n) is 18.1. The van der Waals surface area contributed by atoms with Gasteiger partial charge in [-0.1, -0.05) is 41.9 Å². The van der Waals surface area contributed by atoms with Crippen LogP contribution in [0.4, 0.5) is 11.5 Å². The monoisotopic (exact) mass is 491 g/mol. The fourth-order valence-electron chi connectivity index (χ4n) is 3.15. The molecule has 3 N–H and O–H groups in total. The van der Waals surface area contributed by atoms with Gasteiger partial charge in [0, 0.05) is 26.7 Å². The Hall–Kier alpha value is -3.41. The second-order valence-electron chi connectivity index (χ2n) is 7.36. The lowest BCUT2D eigenvalue weighted by molar-refractivity contribution is 0.0992. The molecule has 1 amide bonds. The minimum atomic E-state index is -3.92. The molecule has 0 aliphatic heterocycles. The summed E-state index contributed by atoms with van der Waals surface area (Å²) in [7, 11) is 0.0480. The van der Waals surface area contributed by atoms with Crippen molar-refractivity contribution >= 4 is 39.0 Å². The number of anilines is 2. The standard InChI is InChI=1S/C21H22ClN5O5S/c1-25(2)33(31,32)16-11-14(9-10-15(16)22)20(29)26(3)17-18(23)27(21(30)24-19(17)28)12-13-7-5-4-6-8-13/h4-11H,12,23H2,1-3H3,(H,24,28,30). The number of benzene rings is 2. The van der Waals surface area contributed by atoms with E-state index in [4.69, 9.17) is 17.3 Å². The minimum absolute atomic E-state index is 0.0399. The average molecular weight is 492 g/mol. The summed E-state index contributed by atoms with van der Waals surface area (Å²) in [6, 6.07) is 12.7. The highest BCUT2D eigenvalue weighted by molar-refractivity contribution is 7.89. The zero-order valence-corrected chi connectivity index (χ0v) is 19.6. The Bertz CT molecular complexity index is 1430. The number of carbonyl (C=O) groups is 1. The van der Waals surface area contributed by atoms with Crippen molar-refractivity contribution in [3.05, 3.63) is 85.5 Å². The third-order valence-corrected chi connectivity index (χ3v) is 7.27. The van der Waals surface area contributed by atoms with Crippen LogP contribution in [0.5, 0.6) is 0 Å². The number of rotatable bonds is 6. The van der Waals surface area contributed by atoms with E-state index >= 15 is 0 Å². The van der Waals surface area contributed by atoms with Crippen LogP contribution >= 0.6 is 11.6 Å². The molecule has 0 saturated carbocycles. The first-order valence-electron chi connectivity index (χ1n) is 9.61. The van der Waals surface area contributed by atoms with Crippen molar-refractivity contribution in [2.75, 3.05) is 31.8 Å². The van der Waals surface area contributed by atoms with Gasteiger partial charge in [0.05, 0.1) is 11.6 Å². The molecule has 1 aromatic heterocycles. The second kappa shape index (κ2) is 9.22. The van der Waals surface area contributed by atoms with E-state index in [0.717, 1.165) is 25.4 Å². The van der Waals surface area contributed by atoms with Gasteiger partial charge in [-0.2, -0.15) is 0 Å². The Kier molecular flexibility index (Phi) is 6.77. The van der Waals surface area contributed by atoms with E-state index in [0.29, 0.717) is 0 Å². The highest BCUT2D eigenvalue weighted by atomic mass is 35.5. The molecular formula is C21H22ClN5O5S. The fourth-order valence-corrected chi connectivity index (χ4v) is 4.54. The first-order valence-corrected chi connectivity index (χ1v) is 11.4. The highest BCUT2D eigenvalue weighted by Gasteiger charge is 2.26. The van der Waals surface area contributed by atoms with Crippen LogP contribution in [0, 0.1) is 0 Å². The number of nitrogens with two attached hydrogens (primary N) is 1. The van der Waals surface area contributed by atoms with Crippen molar-refractivity contribution in [2.24, 2.45) is 0 Å². The molecule has 2 aromatic carbocycles. The van der Waals surface area contributed by atoms with E-state index in [2.05, 4.69) is 4.98 Å². The molecule has 0 radical (unpaired) electrons. The summed E-state index contributed by atoms with van der Waals surface area (Å²) in [5.74, 6) is -0.928. The molecule has 0 aliphatic rings. The lowest BCUT2D eigenvalue weighted by Gasteiger charge is -2.21. The molecule has 1 heterocycles. The molecule has 0 saturated heterocycles. The Morgan fingerprint density at radius 1 is 1.09 bits per heavy atom. The third kappa shape index (κ3) is 4.70. The van der Waals surface area contributed by atoms with Gasteiger partial charge in [0.1, 0.15) is 10.7 Å². The van der Waals surface area contributed by atoms with Gasteiger partial charge in [0.25, 0.3) is 11.5 Å². The highest BCUT2D eigenvalue weighted by Crippen LogP contribution is 2.26. The summed E-state index contributed by atoms with van der Waals surface area (Å²) in [6.07, 6.45) is 0. The number of halogens is 1. The number of H-pyrrole nitrogens is 1. The topological polar surface area (TPSA) is 139 Å². The van der Waals surface area contributed by atoms with Gasteiger partial charge in [0.2, 0.25) is 10.0 Å². The largest absolute Gasteiger partial charge is 0.383 e. The van der Waals surface area contributed by atoms with Gasteiger partial charge in [-0.25, -0.2) is 17.5 Å². The van der Waals surface area contributed by atoms with Crippen LogP contribution in [0.1, 0.15) is 15.9 Å². The first kappa shape index (κ1) is 24.2. The van der Waals surface area contributed by atoms with Crippen LogP contribution in [-0.2, 0) is 16.6 Å².